The van der Waals surface area contributed by atoms with Gasteiger partial charge >= 0.3 is 0 Å². The van der Waals surface area contributed by atoms with Crippen molar-refractivity contribution < 1.29 is 0 Å². The van der Waals surface area contributed by atoms with E-state index in [1.54, 1.807) is 10.7 Å². The van der Waals surface area contributed by atoms with Crippen LogP contribution in [-0.4, -0.2) is 32.8 Å². The zero-order valence-corrected chi connectivity index (χ0v) is 17.7. The van der Waals surface area contributed by atoms with Crippen molar-refractivity contribution in [3.05, 3.63) is 58.1 Å². The quantitative estimate of drug-likeness (QED) is 0.681. The number of benzene rings is 1. The Morgan fingerprint density at radius 2 is 1.66 bits per heavy atom. The topological polar surface area (TPSA) is 63.9 Å². The summed E-state index contributed by atoms with van der Waals surface area (Å²) in [5.74, 6) is 1.42. The van der Waals surface area contributed by atoms with Gasteiger partial charge in [0.2, 0.25) is 0 Å². The molecule has 29 heavy (non-hydrogen) atoms. The van der Waals surface area contributed by atoms with Gasteiger partial charge in [0.1, 0.15) is 0 Å². The third-order valence-corrected chi connectivity index (χ3v) is 5.70. The number of rotatable bonds is 3. The van der Waals surface area contributed by atoms with Crippen molar-refractivity contribution in [1.82, 2.24) is 19.7 Å². The lowest BCUT2D eigenvalue weighted by Gasteiger charge is -2.33. The Morgan fingerprint density at radius 1 is 1.00 bits per heavy atom. The van der Waals surface area contributed by atoms with Crippen LogP contribution in [0.2, 0.25) is 0 Å². The van der Waals surface area contributed by atoms with Crippen molar-refractivity contribution in [2.45, 2.75) is 52.5 Å². The summed E-state index contributed by atoms with van der Waals surface area (Å²) >= 11 is 0. The molecule has 2 aromatic heterocycles. The van der Waals surface area contributed by atoms with Crippen molar-refractivity contribution >= 4 is 16.9 Å². The molecule has 0 saturated carbocycles. The molecule has 1 fully saturated rings. The van der Waals surface area contributed by atoms with Gasteiger partial charge in [-0.3, -0.25) is 4.79 Å². The van der Waals surface area contributed by atoms with Gasteiger partial charge in [-0.2, -0.15) is 5.10 Å². The Morgan fingerprint density at radius 3 is 2.31 bits per heavy atom. The van der Waals surface area contributed by atoms with Gasteiger partial charge in [-0.25, -0.2) is 14.6 Å². The van der Waals surface area contributed by atoms with E-state index >= 15 is 0 Å². The summed E-state index contributed by atoms with van der Waals surface area (Å²) in [5.41, 5.74) is 3.72. The number of nitrogens with zero attached hydrogens (tertiary/aromatic N) is 5. The Kier molecular flexibility index (Phi) is 5.11. The summed E-state index contributed by atoms with van der Waals surface area (Å²) in [6, 6.07) is 11.5. The van der Waals surface area contributed by atoms with Gasteiger partial charge in [0, 0.05) is 31.1 Å². The molecule has 0 bridgehead atoms. The predicted octanol–water partition coefficient (Wildman–Crippen LogP) is 3.71. The standard InChI is InChI=1S/C23H29N5O/c1-16-22(25-19-8-6-5-7-18(19)24-16)27-13-11-17(12-14-27)15-28-21(29)10-9-20(26-28)23(2,3)4/h5-10,17H,11-15H2,1-4H3. The molecule has 6 heteroatoms. The number of piperidine rings is 1. The molecule has 3 heterocycles. The normalized spacial score (nSPS) is 15.8. The summed E-state index contributed by atoms with van der Waals surface area (Å²) in [4.78, 5) is 24.2. The summed E-state index contributed by atoms with van der Waals surface area (Å²) in [6.45, 7) is 10.9. The first-order valence-corrected chi connectivity index (χ1v) is 10.4. The lowest BCUT2D eigenvalue weighted by Crippen LogP contribution is -2.38. The fraction of sp³-hybridized carbons (Fsp3) is 0.478. The van der Waals surface area contributed by atoms with Crippen molar-refractivity contribution in [3.8, 4) is 0 Å². The fourth-order valence-electron chi connectivity index (χ4n) is 3.93. The second-order valence-electron chi connectivity index (χ2n) is 9.04. The van der Waals surface area contributed by atoms with Crippen LogP contribution in [0.4, 0.5) is 5.82 Å². The highest BCUT2D eigenvalue weighted by Crippen LogP contribution is 2.26. The van der Waals surface area contributed by atoms with Gasteiger partial charge < -0.3 is 4.90 Å². The molecule has 0 amide bonds. The Balaban J connectivity index is 1.47. The molecule has 0 radical (unpaired) electrons. The lowest BCUT2D eigenvalue weighted by molar-refractivity contribution is 0.329. The first kappa shape index (κ1) is 19.6. The van der Waals surface area contributed by atoms with Crippen LogP contribution < -0.4 is 10.5 Å². The van der Waals surface area contributed by atoms with E-state index in [-0.39, 0.29) is 11.0 Å². The van der Waals surface area contributed by atoms with Crippen LogP contribution in [0.15, 0.2) is 41.2 Å². The van der Waals surface area contributed by atoms with E-state index in [1.807, 2.05) is 37.3 Å². The average molecular weight is 392 g/mol. The minimum Gasteiger partial charge on any atom is -0.355 e. The number of aromatic nitrogens is 4. The molecule has 0 aliphatic carbocycles. The SMILES string of the molecule is Cc1nc2ccccc2nc1N1CCC(Cn2nc(C(C)(C)C)ccc2=O)CC1. The monoisotopic (exact) mass is 391 g/mol. The molecular weight excluding hydrogens is 362 g/mol. The molecule has 1 aliphatic rings. The average Bonchev–Trinajstić information content (AvgIpc) is 2.69. The largest absolute Gasteiger partial charge is 0.355 e. The summed E-state index contributed by atoms with van der Waals surface area (Å²) in [6.07, 6.45) is 2.03. The zero-order chi connectivity index (χ0) is 20.6. The highest BCUT2D eigenvalue weighted by molar-refractivity contribution is 5.76. The number of hydrogen-bond donors (Lipinski definition) is 0. The number of fused-ring (bicyclic) bond motifs is 1. The summed E-state index contributed by atoms with van der Waals surface area (Å²) in [7, 11) is 0. The van der Waals surface area contributed by atoms with Crippen LogP contribution in [0.5, 0.6) is 0 Å². The molecular formula is C23H29N5O. The Bertz CT molecular complexity index is 1070. The van der Waals surface area contributed by atoms with E-state index in [0.717, 1.165) is 54.2 Å². The van der Waals surface area contributed by atoms with Gasteiger partial charge in [0.25, 0.3) is 5.56 Å². The molecule has 0 atom stereocenters. The molecule has 6 nitrogen and oxygen atoms in total. The molecule has 152 valence electrons. The second kappa shape index (κ2) is 7.58. The van der Waals surface area contributed by atoms with E-state index in [9.17, 15) is 4.79 Å². The maximum atomic E-state index is 12.3. The Labute approximate surface area is 171 Å². The van der Waals surface area contributed by atoms with Gasteiger partial charge in [-0.15, -0.1) is 0 Å². The van der Waals surface area contributed by atoms with Crippen LogP contribution >= 0.6 is 0 Å². The molecule has 1 aliphatic heterocycles. The minimum atomic E-state index is -0.0644. The van der Waals surface area contributed by atoms with E-state index < -0.39 is 0 Å². The van der Waals surface area contributed by atoms with Crippen molar-refractivity contribution in [2.75, 3.05) is 18.0 Å². The van der Waals surface area contributed by atoms with E-state index in [4.69, 9.17) is 9.97 Å². The lowest BCUT2D eigenvalue weighted by atomic mass is 9.92. The number of hydrogen-bond acceptors (Lipinski definition) is 5. The van der Waals surface area contributed by atoms with Gasteiger partial charge in [0.05, 0.1) is 22.4 Å². The van der Waals surface area contributed by atoms with Crippen molar-refractivity contribution in [1.29, 1.82) is 0 Å². The minimum absolute atomic E-state index is 0.0170. The van der Waals surface area contributed by atoms with Crippen LogP contribution in [-0.2, 0) is 12.0 Å². The van der Waals surface area contributed by atoms with Crippen molar-refractivity contribution in [2.24, 2.45) is 5.92 Å². The van der Waals surface area contributed by atoms with Gasteiger partial charge in [0.15, 0.2) is 5.82 Å². The summed E-state index contributed by atoms with van der Waals surface area (Å²) in [5, 5.41) is 4.63. The zero-order valence-electron chi connectivity index (χ0n) is 17.7. The molecule has 3 aromatic rings. The van der Waals surface area contributed by atoms with Crippen LogP contribution in [0, 0.1) is 12.8 Å². The van der Waals surface area contributed by atoms with E-state index in [0.29, 0.717) is 12.5 Å². The van der Waals surface area contributed by atoms with Crippen molar-refractivity contribution in [3.63, 3.8) is 0 Å². The second-order valence-corrected chi connectivity index (χ2v) is 9.04. The molecule has 1 aromatic carbocycles. The van der Waals surface area contributed by atoms with E-state index in [1.165, 1.54) is 0 Å². The van der Waals surface area contributed by atoms with Gasteiger partial charge in [-0.1, -0.05) is 32.9 Å². The molecule has 0 spiro atoms. The van der Waals surface area contributed by atoms with Crippen LogP contribution in [0.25, 0.3) is 11.0 Å². The number of aryl methyl sites for hydroxylation is 1. The summed E-state index contributed by atoms with van der Waals surface area (Å²) < 4.78 is 1.65. The first-order chi connectivity index (χ1) is 13.8. The third kappa shape index (κ3) is 4.16. The number of anilines is 1. The van der Waals surface area contributed by atoms with Crippen LogP contribution in [0.3, 0.4) is 0 Å². The fourth-order valence-corrected chi connectivity index (χ4v) is 3.93. The van der Waals surface area contributed by atoms with Gasteiger partial charge in [-0.05, 0) is 43.9 Å². The predicted molar refractivity (Wildman–Crippen MR) is 116 cm³/mol. The highest BCUT2D eigenvalue weighted by Gasteiger charge is 2.24. The third-order valence-electron chi connectivity index (χ3n) is 5.70. The molecule has 4 rings (SSSR count). The molecule has 1 saturated heterocycles. The number of para-hydroxylation sites is 2. The molecule has 0 unspecified atom stereocenters. The maximum absolute atomic E-state index is 12.3. The Hall–Kier alpha value is -2.76. The highest BCUT2D eigenvalue weighted by atomic mass is 16.1. The van der Waals surface area contributed by atoms with Crippen LogP contribution in [0.1, 0.15) is 45.0 Å². The maximum Gasteiger partial charge on any atom is 0.266 e. The molecule has 0 N–H and O–H groups in total. The first-order valence-electron chi connectivity index (χ1n) is 10.4. The van der Waals surface area contributed by atoms with E-state index in [2.05, 4.69) is 30.8 Å². The smallest absolute Gasteiger partial charge is 0.266 e.